The number of aryl methyl sites for hydroxylation is 2. The smallest absolute Gasteiger partial charge is 0.271 e. The van der Waals surface area contributed by atoms with Crippen molar-refractivity contribution in [2.24, 2.45) is 0 Å². The van der Waals surface area contributed by atoms with Crippen molar-refractivity contribution in [3.05, 3.63) is 35.7 Å². The van der Waals surface area contributed by atoms with Gasteiger partial charge in [-0.25, -0.2) is 4.98 Å². The van der Waals surface area contributed by atoms with E-state index in [1.54, 1.807) is 6.20 Å². The van der Waals surface area contributed by atoms with E-state index in [4.69, 9.17) is 0 Å². The third kappa shape index (κ3) is 2.33. The number of rotatable bonds is 2. The Morgan fingerprint density at radius 2 is 2.30 bits per heavy atom. The van der Waals surface area contributed by atoms with E-state index in [-0.39, 0.29) is 11.9 Å². The number of aromatic nitrogens is 4. The summed E-state index contributed by atoms with van der Waals surface area (Å²) >= 11 is 0. The van der Waals surface area contributed by atoms with Crippen LogP contribution < -0.4 is 0 Å². The van der Waals surface area contributed by atoms with Gasteiger partial charge in [-0.1, -0.05) is 0 Å². The maximum absolute atomic E-state index is 12.4. The minimum absolute atomic E-state index is 0.0220. The lowest BCUT2D eigenvalue weighted by Crippen LogP contribution is -2.41. The van der Waals surface area contributed by atoms with Gasteiger partial charge >= 0.3 is 0 Å². The number of hydrogen-bond donors (Lipinski definition) is 1. The Morgan fingerprint density at radius 3 is 2.95 bits per heavy atom. The normalized spacial score (nSPS) is 19.3. The molecule has 20 heavy (non-hydrogen) atoms. The number of carbonyl (C=O) groups is 1. The molecule has 0 spiro atoms. The van der Waals surface area contributed by atoms with Crippen molar-refractivity contribution < 1.29 is 4.79 Å². The van der Waals surface area contributed by atoms with Crippen LogP contribution in [0.25, 0.3) is 0 Å². The fourth-order valence-corrected chi connectivity index (χ4v) is 2.90. The molecule has 0 aromatic carbocycles. The van der Waals surface area contributed by atoms with Gasteiger partial charge < -0.3 is 9.88 Å². The molecule has 0 aliphatic carbocycles. The molecule has 2 aromatic heterocycles. The third-order valence-corrected chi connectivity index (χ3v) is 3.80. The monoisotopic (exact) mass is 273 g/mol. The average Bonchev–Trinajstić information content (AvgIpc) is 3.08. The van der Waals surface area contributed by atoms with Crippen molar-refractivity contribution in [1.29, 1.82) is 0 Å². The lowest BCUT2D eigenvalue weighted by atomic mass is 10.1. The van der Waals surface area contributed by atoms with Crippen molar-refractivity contribution in [1.82, 2.24) is 24.6 Å². The molecule has 1 aliphatic heterocycles. The second-order valence-corrected chi connectivity index (χ2v) is 5.38. The summed E-state index contributed by atoms with van der Waals surface area (Å²) in [5, 5.41) is 4.55. The Kier molecular flexibility index (Phi) is 3.30. The lowest BCUT2D eigenvalue weighted by molar-refractivity contribution is 0.0666. The molecule has 6 nitrogen and oxygen atoms in total. The summed E-state index contributed by atoms with van der Waals surface area (Å²) in [4.78, 5) is 21.0. The number of carbonyl (C=O) groups excluding carboxylic acids is 1. The summed E-state index contributed by atoms with van der Waals surface area (Å²) in [5.74, 6) is 0.0220. The largest absolute Gasteiger partial charge is 0.341 e. The van der Waals surface area contributed by atoms with E-state index in [2.05, 4.69) is 32.7 Å². The van der Waals surface area contributed by atoms with Gasteiger partial charge in [0.25, 0.3) is 5.91 Å². The Morgan fingerprint density at radius 1 is 1.45 bits per heavy atom. The number of nitrogens with one attached hydrogen (secondary N) is 1. The van der Waals surface area contributed by atoms with Gasteiger partial charge in [0.15, 0.2) is 0 Å². The minimum atomic E-state index is 0.0220. The molecule has 2 aromatic rings. The van der Waals surface area contributed by atoms with E-state index in [1.807, 2.05) is 11.8 Å². The predicted octanol–water partition coefficient (Wildman–Crippen LogP) is 1.70. The lowest BCUT2D eigenvalue weighted by Gasteiger charge is -2.33. The topological polar surface area (TPSA) is 66.8 Å². The van der Waals surface area contributed by atoms with Crippen LogP contribution in [-0.2, 0) is 0 Å². The van der Waals surface area contributed by atoms with Crippen molar-refractivity contribution >= 4 is 5.91 Å². The molecular weight excluding hydrogens is 254 g/mol. The quantitative estimate of drug-likeness (QED) is 0.905. The van der Waals surface area contributed by atoms with Crippen LogP contribution in [-0.4, -0.2) is 43.6 Å². The first-order valence-electron chi connectivity index (χ1n) is 6.95. The predicted molar refractivity (Wildman–Crippen MR) is 74.5 cm³/mol. The number of nitrogens with zero attached hydrogens (tertiary/aromatic N) is 4. The molecule has 1 saturated heterocycles. The summed E-state index contributed by atoms with van der Waals surface area (Å²) in [6.45, 7) is 5.57. The average molecular weight is 273 g/mol. The highest BCUT2D eigenvalue weighted by Gasteiger charge is 2.27. The maximum atomic E-state index is 12.4. The summed E-state index contributed by atoms with van der Waals surface area (Å²) in [6.07, 6.45) is 5.18. The highest BCUT2D eigenvalue weighted by molar-refractivity contribution is 5.92. The first kappa shape index (κ1) is 12.9. The minimum Gasteiger partial charge on any atom is -0.341 e. The molecule has 0 radical (unpaired) electrons. The number of aromatic amines is 1. The van der Waals surface area contributed by atoms with Crippen LogP contribution in [0, 0.1) is 13.8 Å². The third-order valence-electron chi connectivity index (χ3n) is 3.80. The molecule has 1 N–H and O–H groups in total. The van der Waals surface area contributed by atoms with E-state index in [9.17, 15) is 4.79 Å². The van der Waals surface area contributed by atoms with Gasteiger partial charge in [-0.2, -0.15) is 5.10 Å². The van der Waals surface area contributed by atoms with Gasteiger partial charge in [-0.05, 0) is 32.8 Å². The van der Waals surface area contributed by atoms with Crippen molar-refractivity contribution in [2.75, 3.05) is 13.1 Å². The zero-order chi connectivity index (χ0) is 14.1. The molecule has 106 valence electrons. The molecule has 1 unspecified atom stereocenters. The van der Waals surface area contributed by atoms with Crippen LogP contribution in [0.4, 0.5) is 0 Å². The fraction of sp³-hybridized carbons (Fsp3) is 0.500. The highest BCUT2D eigenvalue weighted by Crippen LogP contribution is 2.23. The SMILES string of the molecule is Cc1cc(C)n(C2CCCN(C(=O)c3cnc[nH]3)C2)n1. The Bertz CT molecular complexity index is 601. The first-order valence-corrected chi connectivity index (χ1v) is 6.95. The molecular formula is C14H19N5O. The molecule has 1 fully saturated rings. The number of H-pyrrole nitrogens is 1. The van der Waals surface area contributed by atoms with E-state index >= 15 is 0 Å². The number of imidazole rings is 1. The van der Waals surface area contributed by atoms with Crippen LogP contribution in [0.15, 0.2) is 18.6 Å². The van der Waals surface area contributed by atoms with Crippen LogP contribution >= 0.6 is 0 Å². The van der Waals surface area contributed by atoms with E-state index < -0.39 is 0 Å². The van der Waals surface area contributed by atoms with Crippen molar-refractivity contribution in [3.8, 4) is 0 Å². The van der Waals surface area contributed by atoms with Gasteiger partial charge in [-0.15, -0.1) is 0 Å². The molecule has 6 heteroatoms. The standard InChI is InChI=1S/C14H19N5O/c1-10-6-11(2)19(17-10)12-4-3-5-18(8-12)14(20)13-7-15-9-16-13/h6-7,9,12H,3-5,8H2,1-2H3,(H,15,16). The van der Waals surface area contributed by atoms with Gasteiger partial charge in [0.2, 0.25) is 0 Å². The molecule has 1 aliphatic rings. The number of hydrogen-bond acceptors (Lipinski definition) is 3. The summed E-state index contributed by atoms with van der Waals surface area (Å²) in [6, 6.07) is 2.35. The summed E-state index contributed by atoms with van der Waals surface area (Å²) in [7, 11) is 0. The van der Waals surface area contributed by atoms with Crippen LogP contribution in [0.5, 0.6) is 0 Å². The zero-order valence-corrected chi connectivity index (χ0v) is 11.8. The molecule has 0 bridgehead atoms. The Labute approximate surface area is 117 Å². The summed E-state index contributed by atoms with van der Waals surface area (Å²) < 4.78 is 2.06. The number of piperidine rings is 1. The molecule has 3 heterocycles. The molecule has 1 amide bonds. The Balaban J connectivity index is 1.77. The highest BCUT2D eigenvalue weighted by atomic mass is 16.2. The van der Waals surface area contributed by atoms with Crippen molar-refractivity contribution in [2.45, 2.75) is 32.7 Å². The van der Waals surface area contributed by atoms with Gasteiger partial charge in [0.1, 0.15) is 5.69 Å². The molecule has 1 atom stereocenters. The number of amides is 1. The van der Waals surface area contributed by atoms with Gasteiger partial charge in [0, 0.05) is 18.8 Å². The van der Waals surface area contributed by atoms with Gasteiger partial charge in [0.05, 0.1) is 24.3 Å². The van der Waals surface area contributed by atoms with Crippen LogP contribution in [0.2, 0.25) is 0 Å². The zero-order valence-electron chi connectivity index (χ0n) is 11.8. The maximum Gasteiger partial charge on any atom is 0.271 e. The summed E-state index contributed by atoms with van der Waals surface area (Å²) in [5.41, 5.74) is 2.74. The second-order valence-electron chi connectivity index (χ2n) is 5.38. The van der Waals surface area contributed by atoms with E-state index in [0.717, 1.165) is 30.8 Å². The Hall–Kier alpha value is -2.11. The molecule has 3 rings (SSSR count). The number of likely N-dealkylation sites (tertiary alicyclic amines) is 1. The van der Waals surface area contributed by atoms with E-state index in [1.165, 1.54) is 6.33 Å². The van der Waals surface area contributed by atoms with Crippen LogP contribution in [0.1, 0.15) is 40.8 Å². The van der Waals surface area contributed by atoms with Crippen LogP contribution in [0.3, 0.4) is 0 Å². The van der Waals surface area contributed by atoms with Crippen molar-refractivity contribution in [3.63, 3.8) is 0 Å². The van der Waals surface area contributed by atoms with Gasteiger partial charge in [-0.3, -0.25) is 9.48 Å². The fourth-order valence-electron chi connectivity index (χ4n) is 2.90. The second kappa shape index (κ2) is 5.11. The van der Waals surface area contributed by atoms with E-state index in [0.29, 0.717) is 12.2 Å². The first-order chi connectivity index (χ1) is 9.65. The molecule has 0 saturated carbocycles.